The normalized spacial score (nSPS) is 13.3. The van der Waals surface area contributed by atoms with Gasteiger partial charge in [0.1, 0.15) is 12.1 Å². The SMILES string of the molecule is C=C(c1ccc(F)c(-c2ncnc3cc(N4CCOCC4)ccc23)c1)c1c(F)cncc1F.CC. The van der Waals surface area contributed by atoms with E-state index in [2.05, 4.69) is 26.4 Å². The molecule has 1 saturated heterocycles. The summed E-state index contributed by atoms with van der Waals surface area (Å²) in [5, 5.41) is 0.664. The van der Waals surface area contributed by atoms with E-state index in [1.165, 1.54) is 24.5 Å². The van der Waals surface area contributed by atoms with Crippen LogP contribution in [0.3, 0.4) is 0 Å². The number of rotatable bonds is 4. The molecule has 1 aliphatic heterocycles. The van der Waals surface area contributed by atoms with E-state index < -0.39 is 17.5 Å². The van der Waals surface area contributed by atoms with E-state index in [1.54, 1.807) is 0 Å². The first-order valence-electron chi connectivity index (χ1n) is 11.4. The second kappa shape index (κ2) is 10.7. The molecule has 4 aromatic rings. The third-order valence-corrected chi connectivity index (χ3v) is 5.72. The molecule has 1 fully saturated rings. The average Bonchev–Trinajstić information content (AvgIpc) is 2.90. The Morgan fingerprint density at radius 3 is 2.34 bits per heavy atom. The van der Waals surface area contributed by atoms with Gasteiger partial charge in [0.05, 0.1) is 42.4 Å². The summed E-state index contributed by atoms with van der Waals surface area (Å²) in [4.78, 5) is 14.4. The van der Waals surface area contributed by atoms with Gasteiger partial charge in [-0.15, -0.1) is 0 Å². The second-order valence-corrected chi connectivity index (χ2v) is 7.67. The molecule has 35 heavy (non-hydrogen) atoms. The average molecular weight is 479 g/mol. The van der Waals surface area contributed by atoms with E-state index in [9.17, 15) is 13.2 Å². The van der Waals surface area contributed by atoms with Crippen molar-refractivity contribution in [3.8, 4) is 11.3 Å². The number of benzene rings is 2. The molecule has 0 bridgehead atoms. The maximum Gasteiger partial charge on any atom is 0.152 e. The number of morpholine rings is 1. The van der Waals surface area contributed by atoms with E-state index in [1.807, 2.05) is 32.0 Å². The molecule has 2 aromatic heterocycles. The summed E-state index contributed by atoms with van der Waals surface area (Å²) >= 11 is 0. The van der Waals surface area contributed by atoms with E-state index in [4.69, 9.17) is 4.74 Å². The van der Waals surface area contributed by atoms with Crippen LogP contribution in [0.15, 0.2) is 61.7 Å². The summed E-state index contributed by atoms with van der Waals surface area (Å²) in [5.41, 5.74) is 2.39. The fraction of sp³-hybridized carbons (Fsp3) is 0.222. The third-order valence-electron chi connectivity index (χ3n) is 5.72. The molecule has 5 rings (SSSR count). The Hall–Kier alpha value is -3.78. The summed E-state index contributed by atoms with van der Waals surface area (Å²) in [6.07, 6.45) is 3.21. The van der Waals surface area contributed by atoms with E-state index in [0.29, 0.717) is 35.4 Å². The van der Waals surface area contributed by atoms with Crippen molar-refractivity contribution in [2.45, 2.75) is 13.8 Å². The lowest BCUT2D eigenvalue weighted by molar-refractivity contribution is 0.122. The van der Waals surface area contributed by atoms with Crippen LogP contribution in [0.5, 0.6) is 0 Å². The van der Waals surface area contributed by atoms with Crippen LogP contribution < -0.4 is 4.90 Å². The molecule has 0 saturated carbocycles. The van der Waals surface area contributed by atoms with Crippen LogP contribution in [0, 0.1) is 17.5 Å². The zero-order chi connectivity index (χ0) is 24.9. The molecule has 1 aliphatic rings. The number of aromatic nitrogens is 3. The fourth-order valence-corrected chi connectivity index (χ4v) is 4.02. The number of halogens is 3. The van der Waals surface area contributed by atoms with Gasteiger partial charge < -0.3 is 9.64 Å². The van der Waals surface area contributed by atoms with Crippen LogP contribution in [0.1, 0.15) is 25.0 Å². The number of hydrogen-bond donors (Lipinski definition) is 0. The predicted molar refractivity (Wildman–Crippen MR) is 132 cm³/mol. The minimum atomic E-state index is -0.839. The molecule has 0 radical (unpaired) electrons. The molecule has 0 N–H and O–H groups in total. The Morgan fingerprint density at radius 2 is 1.63 bits per heavy atom. The molecular weight excluding hydrogens is 453 g/mol. The zero-order valence-corrected chi connectivity index (χ0v) is 19.6. The van der Waals surface area contributed by atoms with Crippen molar-refractivity contribution >= 4 is 22.2 Å². The van der Waals surface area contributed by atoms with Crippen molar-refractivity contribution in [3.05, 3.63) is 90.3 Å². The highest BCUT2D eigenvalue weighted by atomic mass is 19.1. The number of anilines is 1. The number of fused-ring (bicyclic) bond motifs is 1. The van der Waals surface area contributed by atoms with Crippen molar-refractivity contribution < 1.29 is 17.9 Å². The lowest BCUT2D eigenvalue weighted by atomic mass is 9.96. The lowest BCUT2D eigenvalue weighted by Gasteiger charge is -2.29. The summed E-state index contributed by atoms with van der Waals surface area (Å²) in [5.74, 6) is -2.19. The molecule has 2 aromatic carbocycles. The number of pyridine rings is 1. The van der Waals surface area contributed by atoms with Gasteiger partial charge in [0.25, 0.3) is 0 Å². The van der Waals surface area contributed by atoms with Gasteiger partial charge in [-0.2, -0.15) is 0 Å². The zero-order valence-electron chi connectivity index (χ0n) is 19.6. The van der Waals surface area contributed by atoms with Crippen LogP contribution in [0.4, 0.5) is 18.9 Å². The molecule has 5 nitrogen and oxygen atoms in total. The minimum Gasteiger partial charge on any atom is -0.378 e. The van der Waals surface area contributed by atoms with Crippen LogP contribution in [0.25, 0.3) is 27.7 Å². The smallest absolute Gasteiger partial charge is 0.152 e. The molecule has 0 spiro atoms. The second-order valence-electron chi connectivity index (χ2n) is 7.67. The van der Waals surface area contributed by atoms with Gasteiger partial charge in [-0.05, 0) is 41.5 Å². The van der Waals surface area contributed by atoms with Gasteiger partial charge in [-0.25, -0.2) is 23.1 Å². The highest BCUT2D eigenvalue weighted by Gasteiger charge is 2.18. The fourth-order valence-electron chi connectivity index (χ4n) is 4.02. The van der Waals surface area contributed by atoms with E-state index >= 15 is 0 Å². The van der Waals surface area contributed by atoms with E-state index in [0.717, 1.165) is 31.2 Å². The Bertz CT molecular complexity index is 1350. The van der Waals surface area contributed by atoms with Crippen molar-refractivity contribution in [3.63, 3.8) is 0 Å². The Labute approximate surface area is 201 Å². The van der Waals surface area contributed by atoms with Crippen LogP contribution in [-0.4, -0.2) is 41.3 Å². The first-order chi connectivity index (χ1) is 17.0. The van der Waals surface area contributed by atoms with Crippen molar-refractivity contribution in [1.82, 2.24) is 15.0 Å². The lowest BCUT2D eigenvalue weighted by Crippen LogP contribution is -2.36. The summed E-state index contributed by atoms with van der Waals surface area (Å²) < 4.78 is 48.8. The minimum absolute atomic E-state index is 0.0848. The van der Waals surface area contributed by atoms with Crippen LogP contribution in [-0.2, 0) is 4.74 Å². The van der Waals surface area contributed by atoms with Gasteiger partial charge in [-0.1, -0.05) is 26.5 Å². The van der Waals surface area contributed by atoms with Crippen LogP contribution >= 0.6 is 0 Å². The number of nitrogens with zero attached hydrogens (tertiary/aromatic N) is 4. The Morgan fingerprint density at radius 1 is 0.914 bits per heavy atom. The molecule has 3 heterocycles. The van der Waals surface area contributed by atoms with Crippen molar-refractivity contribution in [2.75, 3.05) is 31.2 Å². The molecular formula is C27H25F3N4O. The van der Waals surface area contributed by atoms with Gasteiger partial charge in [0, 0.05) is 29.7 Å². The van der Waals surface area contributed by atoms with Gasteiger partial charge in [0.2, 0.25) is 0 Å². The van der Waals surface area contributed by atoms with E-state index in [-0.39, 0.29) is 16.7 Å². The van der Waals surface area contributed by atoms with Gasteiger partial charge in [-0.3, -0.25) is 4.98 Å². The quantitative estimate of drug-likeness (QED) is 0.358. The molecule has 8 heteroatoms. The number of hydrogen-bond acceptors (Lipinski definition) is 5. The molecule has 0 aliphatic carbocycles. The Kier molecular flexibility index (Phi) is 7.41. The monoisotopic (exact) mass is 478 g/mol. The van der Waals surface area contributed by atoms with Crippen LogP contribution in [0.2, 0.25) is 0 Å². The standard InChI is InChI=1S/C25H19F3N4O.C2H6/c1-15(24-21(27)12-29-13-22(24)28)16-2-5-20(26)19(10-16)25-18-4-3-17(11-23(18)30-14-31-25)32-6-8-33-9-7-32;1-2/h2-5,10-14H,1,6-9H2;1-2H3. The Balaban J connectivity index is 0.00000141. The number of ether oxygens (including phenoxy) is 1. The summed E-state index contributed by atoms with van der Waals surface area (Å²) in [6.45, 7) is 10.7. The maximum atomic E-state index is 14.9. The first-order valence-corrected chi connectivity index (χ1v) is 11.4. The van der Waals surface area contributed by atoms with Crippen molar-refractivity contribution in [1.29, 1.82) is 0 Å². The summed E-state index contributed by atoms with van der Waals surface area (Å²) in [6, 6.07) is 9.91. The molecule has 0 amide bonds. The highest BCUT2D eigenvalue weighted by Crippen LogP contribution is 2.34. The predicted octanol–water partition coefficient (Wildman–Crippen LogP) is 6.03. The third kappa shape index (κ3) is 4.88. The first kappa shape index (κ1) is 24.3. The molecule has 180 valence electrons. The topological polar surface area (TPSA) is 51.1 Å². The molecule has 0 atom stereocenters. The molecule has 0 unspecified atom stereocenters. The summed E-state index contributed by atoms with van der Waals surface area (Å²) in [7, 11) is 0. The van der Waals surface area contributed by atoms with Gasteiger partial charge in [0.15, 0.2) is 11.6 Å². The largest absolute Gasteiger partial charge is 0.378 e. The highest BCUT2D eigenvalue weighted by molar-refractivity contribution is 5.94. The van der Waals surface area contributed by atoms with Crippen molar-refractivity contribution in [2.24, 2.45) is 0 Å². The maximum absolute atomic E-state index is 14.9. The van der Waals surface area contributed by atoms with Gasteiger partial charge >= 0.3 is 0 Å².